The van der Waals surface area contributed by atoms with Gasteiger partial charge in [0.2, 0.25) is 0 Å². The average Bonchev–Trinajstić information content (AvgIpc) is 3.48. The highest BCUT2D eigenvalue weighted by atomic mass is 35.5. The van der Waals surface area contributed by atoms with E-state index in [1.54, 1.807) is 36.7 Å². The summed E-state index contributed by atoms with van der Waals surface area (Å²) >= 11 is 7.10. The minimum atomic E-state index is -4.51. The topological polar surface area (TPSA) is 65.7 Å². The third-order valence-corrected chi connectivity index (χ3v) is 5.97. The van der Waals surface area contributed by atoms with Gasteiger partial charge in [0, 0.05) is 22.5 Å². The van der Waals surface area contributed by atoms with Gasteiger partial charge in [-0.1, -0.05) is 28.9 Å². The van der Waals surface area contributed by atoms with Crippen LogP contribution in [0, 0.1) is 0 Å². The molecule has 5 rings (SSSR count). The van der Waals surface area contributed by atoms with Crippen molar-refractivity contribution in [1.29, 1.82) is 0 Å². The summed E-state index contributed by atoms with van der Waals surface area (Å²) in [6, 6.07) is 14.3. The number of halogens is 4. The van der Waals surface area contributed by atoms with Crippen molar-refractivity contribution in [2.45, 2.75) is 12.8 Å². The van der Waals surface area contributed by atoms with Crippen LogP contribution in [0.4, 0.5) is 13.2 Å². The molecule has 0 radical (unpaired) electrons. The molecule has 0 saturated carbocycles. The van der Waals surface area contributed by atoms with Crippen LogP contribution in [-0.2, 0) is 12.8 Å². The van der Waals surface area contributed by atoms with E-state index in [0.717, 1.165) is 27.6 Å². The highest BCUT2D eigenvalue weighted by molar-refractivity contribution is 7.13. The third-order valence-electron chi connectivity index (χ3n) is 4.76. The van der Waals surface area contributed by atoms with Gasteiger partial charge in [0.15, 0.2) is 5.69 Å². The number of hydrogen-bond donors (Lipinski definition) is 0. The zero-order valence-electron chi connectivity index (χ0n) is 16.6. The van der Waals surface area contributed by atoms with Crippen molar-refractivity contribution in [2.24, 2.45) is 0 Å². The summed E-state index contributed by atoms with van der Waals surface area (Å²) in [4.78, 5) is 7.99. The molecule has 11 heteroatoms. The second-order valence-electron chi connectivity index (χ2n) is 6.97. The first kappa shape index (κ1) is 21.4. The molecule has 0 fully saturated rings. The van der Waals surface area contributed by atoms with Gasteiger partial charge in [-0.3, -0.25) is 4.98 Å². The van der Waals surface area contributed by atoms with Crippen molar-refractivity contribution < 1.29 is 17.9 Å². The van der Waals surface area contributed by atoms with Gasteiger partial charge in [0.25, 0.3) is 0 Å². The minimum absolute atomic E-state index is 0.169. The molecule has 0 spiro atoms. The molecule has 166 valence electrons. The average molecular weight is 488 g/mol. The first-order valence-electron chi connectivity index (χ1n) is 9.59. The Kier molecular flexibility index (Phi) is 5.47. The highest BCUT2D eigenvalue weighted by Gasteiger charge is 2.34. The lowest BCUT2D eigenvalue weighted by Crippen LogP contribution is -2.04. The van der Waals surface area contributed by atoms with E-state index >= 15 is 0 Å². The van der Waals surface area contributed by atoms with Crippen molar-refractivity contribution in [1.82, 2.24) is 25.0 Å². The largest absolute Gasteiger partial charge is 0.486 e. The number of rotatable bonds is 5. The van der Waals surface area contributed by atoms with Crippen LogP contribution in [0.3, 0.4) is 0 Å². The second-order valence-corrected chi connectivity index (χ2v) is 8.23. The van der Waals surface area contributed by atoms with Crippen LogP contribution < -0.4 is 4.74 Å². The van der Waals surface area contributed by atoms with E-state index in [2.05, 4.69) is 20.3 Å². The van der Waals surface area contributed by atoms with Crippen molar-refractivity contribution in [2.75, 3.05) is 0 Å². The van der Waals surface area contributed by atoms with E-state index < -0.39 is 11.9 Å². The normalized spacial score (nSPS) is 11.8. The fraction of sp³-hybridized carbons (Fsp3) is 0.0909. The standard InChI is InChI=1S/C22H13ClF3N5OS/c23-17-6-5-14(9-16(17)21-28-20(12-33-21)22(24,25)26)31-10-13(29-30-31)11-32-19-7-8-27-18-4-2-1-3-15(18)19/h1-10,12H,11H2. The highest BCUT2D eigenvalue weighted by Crippen LogP contribution is 2.36. The number of hydrogen-bond acceptors (Lipinski definition) is 6. The number of pyridine rings is 1. The van der Waals surface area contributed by atoms with Crippen LogP contribution >= 0.6 is 22.9 Å². The van der Waals surface area contributed by atoms with Gasteiger partial charge < -0.3 is 4.74 Å². The lowest BCUT2D eigenvalue weighted by Gasteiger charge is -2.07. The first-order valence-corrected chi connectivity index (χ1v) is 10.8. The molecule has 0 aliphatic rings. The number of alkyl halides is 3. The van der Waals surface area contributed by atoms with Gasteiger partial charge >= 0.3 is 6.18 Å². The number of ether oxygens (including phenoxy) is 1. The maximum atomic E-state index is 12.9. The van der Waals surface area contributed by atoms with E-state index in [-0.39, 0.29) is 16.6 Å². The minimum Gasteiger partial charge on any atom is -0.486 e. The SMILES string of the molecule is FC(F)(F)c1csc(-c2cc(-n3cc(COc4ccnc5ccccc45)nn3)ccc2Cl)n1. The Bertz CT molecular complexity index is 1440. The molecule has 0 aliphatic carbocycles. The predicted octanol–water partition coefficient (Wildman–Crippen LogP) is 6.19. The van der Waals surface area contributed by atoms with E-state index in [1.807, 2.05) is 24.3 Å². The molecule has 0 bridgehead atoms. The van der Waals surface area contributed by atoms with Gasteiger partial charge in [0.1, 0.15) is 23.1 Å². The Balaban J connectivity index is 1.37. The molecule has 3 aromatic heterocycles. The van der Waals surface area contributed by atoms with Crippen LogP contribution in [0.2, 0.25) is 5.02 Å². The summed E-state index contributed by atoms with van der Waals surface area (Å²) in [5, 5.41) is 10.5. The van der Waals surface area contributed by atoms with Crippen LogP contribution in [0.15, 0.2) is 66.3 Å². The molecule has 33 heavy (non-hydrogen) atoms. The number of nitrogens with zero attached hydrogens (tertiary/aromatic N) is 5. The molecule has 0 amide bonds. The Morgan fingerprint density at radius 1 is 1.09 bits per heavy atom. The second kappa shape index (κ2) is 8.45. The van der Waals surface area contributed by atoms with E-state index in [1.165, 1.54) is 4.68 Å². The third kappa shape index (κ3) is 4.39. The van der Waals surface area contributed by atoms with E-state index in [4.69, 9.17) is 16.3 Å². The van der Waals surface area contributed by atoms with E-state index in [0.29, 0.717) is 22.7 Å². The monoisotopic (exact) mass is 487 g/mol. The van der Waals surface area contributed by atoms with Gasteiger partial charge in [-0.2, -0.15) is 13.2 Å². The maximum absolute atomic E-state index is 12.9. The summed E-state index contributed by atoms with van der Waals surface area (Å²) < 4.78 is 46.2. The summed E-state index contributed by atoms with van der Waals surface area (Å²) in [5.41, 5.74) is 1.40. The van der Waals surface area contributed by atoms with Crippen LogP contribution in [0.1, 0.15) is 11.4 Å². The molecule has 0 saturated heterocycles. The Morgan fingerprint density at radius 3 is 2.76 bits per heavy atom. The summed E-state index contributed by atoms with van der Waals surface area (Å²) in [6.45, 7) is 0.176. The van der Waals surface area contributed by atoms with Gasteiger partial charge in [-0.25, -0.2) is 9.67 Å². The Morgan fingerprint density at radius 2 is 1.94 bits per heavy atom. The number of benzene rings is 2. The zero-order chi connectivity index (χ0) is 23.0. The van der Waals surface area contributed by atoms with Crippen molar-refractivity contribution >= 4 is 33.8 Å². The van der Waals surface area contributed by atoms with E-state index in [9.17, 15) is 13.2 Å². The molecule has 5 aromatic rings. The number of aromatic nitrogens is 5. The van der Waals surface area contributed by atoms with Crippen LogP contribution in [0.5, 0.6) is 5.75 Å². The Labute approximate surface area is 194 Å². The number of para-hydroxylation sites is 1. The maximum Gasteiger partial charge on any atom is 0.434 e. The zero-order valence-corrected chi connectivity index (χ0v) is 18.2. The molecule has 0 unspecified atom stereocenters. The summed E-state index contributed by atoms with van der Waals surface area (Å²) in [7, 11) is 0. The fourth-order valence-corrected chi connectivity index (χ4v) is 4.30. The quantitative estimate of drug-likeness (QED) is 0.296. The van der Waals surface area contributed by atoms with Crippen molar-refractivity contribution in [3.8, 4) is 22.0 Å². The first-order chi connectivity index (χ1) is 15.9. The van der Waals surface area contributed by atoms with Gasteiger partial charge in [0.05, 0.1) is 22.4 Å². The van der Waals surface area contributed by atoms with Crippen molar-refractivity contribution in [3.63, 3.8) is 0 Å². The van der Waals surface area contributed by atoms with Gasteiger partial charge in [-0.05, 0) is 36.4 Å². The van der Waals surface area contributed by atoms with Crippen LogP contribution in [0.25, 0.3) is 27.2 Å². The van der Waals surface area contributed by atoms with Crippen LogP contribution in [-0.4, -0.2) is 25.0 Å². The molecular formula is C22H13ClF3N5OS. The fourth-order valence-electron chi connectivity index (χ4n) is 3.19. The van der Waals surface area contributed by atoms with Crippen molar-refractivity contribution in [3.05, 3.63) is 82.7 Å². The molecule has 0 aliphatic heterocycles. The molecule has 2 aromatic carbocycles. The molecule has 0 atom stereocenters. The number of thiazole rings is 1. The smallest absolute Gasteiger partial charge is 0.434 e. The summed E-state index contributed by atoms with van der Waals surface area (Å²) in [5.74, 6) is 0.674. The molecule has 6 nitrogen and oxygen atoms in total. The van der Waals surface area contributed by atoms with Gasteiger partial charge in [-0.15, -0.1) is 16.4 Å². The summed E-state index contributed by atoms with van der Waals surface area (Å²) in [6.07, 6.45) is -1.16. The number of fused-ring (bicyclic) bond motifs is 1. The molecule has 3 heterocycles. The Hall–Kier alpha value is -3.50. The molecular weight excluding hydrogens is 475 g/mol. The lowest BCUT2D eigenvalue weighted by molar-refractivity contribution is -0.140. The lowest BCUT2D eigenvalue weighted by atomic mass is 10.2. The predicted molar refractivity (Wildman–Crippen MR) is 119 cm³/mol. The molecule has 0 N–H and O–H groups in total.